The Morgan fingerprint density at radius 2 is 2.18 bits per heavy atom. The lowest BCUT2D eigenvalue weighted by atomic mass is 9.94. The Hall–Kier alpha value is -0.600. The van der Waals surface area contributed by atoms with Gasteiger partial charge in [-0.05, 0) is 53.6 Å². The molecule has 0 saturated heterocycles. The molecule has 1 heterocycles. The highest BCUT2D eigenvalue weighted by Gasteiger charge is 2.10. The van der Waals surface area contributed by atoms with Crippen molar-refractivity contribution >= 4 is 27.3 Å². The monoisotopic (exact) mass is 308 g/mol. The average molecular weight is 309 g/mol. The molecule has 0 aliphatic heterocycles. The van der Waals surface area contributed by atoms with Gasteiger partial charge in [0.1, 0.15) is 0 Å². The quantitative estimate of drug-likeness (QED) is 0.669. The van der Waals surface area contributed by atoms with E-state index in [1.54, 1.807) is 11.3 Å². The van der Waals surface area contributed by atoms with E-state index in [0.717, 1.165) is 5.33 Å². The van der Waals surface area contributed by atoms with Gasteiger partial charge in [0.25, 0.3) is 0 Å². The van der Waals surface area contributed by atoms with Crippen molar-refractivity contribution in [3.63, 3.8) is 0 Å². The van der Waals surface area contributed by atoms with Gasteiger partial charge >= 0.3 is 0 Å². The van der Waals surface area contributed by atoms with Crippen LogP contribution in [0, 0.1) is 6.92 Å². The summed E-state index contributed by atoms with van der Waals surface area (Å²) in [5, 5.41) is 5.45. The van der Waals surface area contributed by atoms with Gasteiger partial charge in [0, 0.05) is 5.33 Å². The fourth-order valence-electron chi connectivity index (χ4n) is 2.03. The van der Waals surface area contributed by atoms with Crippen LogP contribution in [0.2, 0.25) is 0 Å². The van der Waals surface area contributed by atoms with E-state index >= 15 is 0 Å². The maximum absolute atomic E-state index is 3.64. The Labute approximate surface area is 116 Å². The first kappa shape index (κ1) is 12.8. The van der Waals surface area contributed by atoms with Gasteiger partial charge in [-0.2, -0.15) is 11.3 Å². The molecule has 2 rings (SSSR count). The second kappa shape index (κ2) is 6.36. The SMILES string of the molecule is Cc1cccc(C(CBr)CCc2ccsc2)c1. The summed E-state index contributed by atoms with van der Waals surface area (Å²) in [6.07, 6.45) is 2.39. The van der Waals surface area contributed by atoms with Crippen molar-refractivity contribution in [2.24, 2.45) is 0 Å². The van der Waals surface area contributed by atoms with Crippen LogP contribution < -0.4 is 0 Å². The Kier molecular flexibility index (Phi) is 4.81. The molecule has 1 aromatic heterocycles. The lowest BCUT2D eigenvalue weighted by Crippen LogP contribution is -2.02. The van der Waals surface area contributed by atoms with Gasteiger partial charge in [0.15, 0.2) is 0 Å². The van der Waals surface area contributed by atoms with Crippen LogP contribution in [-0.4, -0.2) is 5.33 Å². The number of rotatable bonds is 5. The molecule has 2 aromatic rings. The fraction of sp³-hybridized carbons (Fsp3) is 0.333. The molecule has 0 spiro atoms. The van der Waals surface area contributed by atoms with Crippen LogP contribution in [0.1, 0.15) is 29.0 Å². The number of benzene rings is 1. The second-order valence-electron chi connectivity index (χ2n) is 4.44. The first-order chi connectivity index (χ1) is 8.29. The van der Waals surface area contributed by atoms with E-state index in [1.165, 1.54) is 29.5 Å². The maximum Gasteiger partial charge on any atom is 0.0100 e. The molecule has 0 N–H and O–H groups in total. The Balaban J connectivity index is 2.01. The van der Waals surface area contributed by atoms with Gasteiger partial charge in [-0.25, -0.2) is 0 Å². The highest BCUT2D eigenvalue weighted by molar-refractivity contribution is 9.09. The number of aryl methyl sites for hydroxylation is 2. The standard InChI is InChI=1S/C15H17BrS/c1-12-3-2-4-14(9-12)15(10-16)6-5-13-7-8-17-11-13/h2-4,7-9,11,15H,5-6,10H2,1H3. The van der Waals surface area contributed by atoms with Crippen molar-refractivity contribution in [2.75, 3.05) is 5.33 Å². The maximum atomic E-state index is 3.64. The predicted octanol–water partition coefficient (Wildman–Crippen LogP) is 5.17. The van der Waals surface area contributed by atoms with Crippen LogP contribution in [-0.2, 0) is 6.42 Å². The molecule has 2 heteroatoms. The second-order valence-corrected chi connectivity index (χ2v) is 5.86. The molecule has 0 radical (unpaired) electrons. The zero-order valence-corrected chi connectivity index (χ0v) is 12.4. The van der Waals surface area contributed by atoms with Crippen molar-refractivity contribution < 1.29 is 0 Å². The van der Waals surface area contributed by atoms with E-state index in [-0.39, 0.29) is 0 Å². The third-order valence-electron chi connectivity index (χ3n) is 3.06. The number of hydrogen-bond donors (Lipinski definition) is 0. The Morgan fingerprint density at radius 1 is 1.29 bits per heavy atom. The third-order valence-corrected chi connectivity index (χ3v) is 4.57. The molecule has 0 fully saturated rings. The molecule has 1 unspecified atom stereocenters. The summed E-state index contributed by atoms with van der Waals surface area (Å²) < 4.78 is 0. The molecule has 0 saturated carbocycles. The van der Waals surface area contributed by atoms with E-state index in [2.05, 4.69) is 63.9 Å². The van der Waals surface area contributed by atoms with E-state index in [4.69, 9.17) is 0 Å². The first-order valence-corrected chi connectivity index (χ1v) is 7.99. The molecular weight excluding hydrogens is 292 g/mol. The smallest absolute Gasteiger partial charge is 0.0100 e. The molecule has 0 aliphatic carbocycles. The summed E-state index contributed by atoms with van der Waals surface area (Å²) in [7, 11) is 0. The minimum absolute atomic E-state index is 0.620. The third kappa shape index (κ3) is 3.68. The zero-order valence-electron chi connectivity index (χ0n) is 10.0. The van der Waals surface area contributed by atoms with Crippen LogP contribution in [0.5, 0.6) is 0 Å². The molecule has 90 valence electrons. The molecule has 1 atom stereocenters. The lowest BCUT2D eigenvalue weighted by Gasteiger charge is -2.14. The summed E-state index contributed by atoms with van der Waals surface area (Å²) in [5.74, 6) is 0.620. The molecular formula is C15H17BrS. The highest BCUT2D eigenvalue weighted by atomic mass is 79.9. The largest absolute Gasteiger partial charge is 0.152 e. The van der Waals surface area contributed by atoms with Crippen molar-refractivity contribution in [1.82, 2.24) is 0 Å². The van der Waals surface area contributed by atoms with Crippen molar-refractivity contribution in [1.29, 1.82) is 0 Å². The van der Waals surface area contributed by atoms with Crippen LogP contribution in [0.4, 0.5) is 0 Å². The zero-order chi connectivity index (χ0) is 12.1. The van der Waals surface area contributed by atoms with E-state index in [1.807, 2.05) is 0 Å². The molecule has 0 amide bonds. The molecule has 0 nitrogen and oxygen atoms in total. The van der Waals surface area contributed by atoms with Gasteiger partial charge in [-0.15, -0.1) is 0 Å². The normalized spacial score (nSPS) is 12.6. The van der Waals surface area contributed by atoms with Gasteiger partial charge in [-0.3, -0.25) is 0 Å². The topological polar surface area (TPSA) is 0 Å². The molecule has 0 bridgehead atoms. The highest BCUT2D eigenvalue weighted by Crippen LogP contribution is 2.25. The van der Waals surface area contributed by atoms with Crippen molar-refractivity contribution in [3.8, 4) is 0 Å². The van der Waals surface area contributed by atoms with E-state index < -0.39 is 0 Å². The van der Waals surface area contributed by atoms with Crippen LogP contribution >= 0.6 is 27.3 Å². The summed E-state index contributed by atoms with van der Waals surface area (Å²) in [6.45, 7) is 2.16. The average Bonchev–Trinajstić information content (AvgIpc) is 2.83. The number of alkyl halides is 1. The summed E-state index contributed by atoms with van der Waals surface area (Å²) in [5.41, 5.74) is 4.27. The van der Waals surface area contributed by atoms with Crippen LogP contribution in [0.25, 0.3) is 0 Å². The molecule has 17 heavy (non-hydrogen) atoms. The van der Waals surface area contributed by atoms with Crippen molar-refractivity contribution in [2.45, 2.75) is 25.7 Å². The van der Waals surface area contributed by atoms with E-state index in [0.29, 0.717) is 5.92 Å². The predicted molar refractivity (Wildman–Crippen MR) is 80.4 cm³/mol. The Bertz CT molecular complexity index is 448. The molecule has 1 aromatic carbocycles. The van der Waals surface area contributed by atoms with Gasteiger partial charge in [-0.1, -0.05) is 45.8 Å². The van der Waals surface area contributed by atoms with Crippen molar-refractivity contribution in [3.05, 3.63) is 57.8 Å². The Morgan fingerprint density at radius 3 is 2.82 bits per heavy atom. The minimum Gasteiger partial charge on any atom is -0.152 e. The van der Waals surface area contributed by atoms with Gasteiger partial charge in [0.05, 0.1) is 0 Å². The summed E-state index contributed by atoms with van der Waals surface area (Å²) in [6, 6.07) is 11.1. The molecule has 0 aliphatic rings. The lowest BCUT2D eigenvalue weighted by molar-refractivity contribution is 0.692. The minimum atomic E-state index is 0.620. The number of thiophene rings is 1. The fourth-order valence-corrected chi connectivity index (χ4v) is 3.43. The number of halogens is 1. The van der Waals surface area contributed by atoms with Crippen LogP contribution in [0.15, 0.2) is 41.1 Å². The van der Waals surface area contributed by atoms with Gasteiger partial charge in [0.2, 0.25) is 0 Å². The van der Waals surface area contributed by atoms with Gasteiger partial charge < -0.3 is 0 Å². The summed E-state index contributed by atoms with van der Waals surface area (Å²) >= 11 is 5.43. The summed E-state index contributed by atoms with van der Waals surface area (Å²) in [4.78, 5) is 0. The number of hydrogen-bond acceptors (Lipinski definition) is 1. The van der Waals surface area contributed by atoms with Crippen LogP contribution in [0.3, 0.4) is 0 Å². The first-order valence-electron chi connectivity index (χ1n) is 5.93. The van der Waals surface area contributed by atoms with E-state index in [9.17, 15) is 0 Å².